The summed E-state index contributed by atoms with van der Waals surface area (Å²) in [5, 5.41) is 2.02. The summed E-state index contributed by atoms with van der Waals surface area (Å²) < 4.78 is 29.1. The van der Waals surface area contributed by atoms with Crippen LogP contribution in [0.1, 0.15) is 12.0 Å². The van der Waals surface area contributed by atoms with Gasteiger partial charge in [-0.05, 0) is 34.9 Å². The van der Waals surface area contributed by atoms with Gasteiger partial charge in [0.15, 0.2) is 0 Å². The van der Waals surface area contributed by atoms with E-state index in [4.69, 9.17) is 4.74 Å². The number of anilines is 1. The van der Waals surface area contributed by atoms with Gasteiger partial charge in [-0.3, -0.25) is 8.86 Å². The smallest absolute Gasteiger partial charge is 0.410 e. The van der Waals surface area contributed by atoms with Gasteiger partial charge >= 0.3 is 6.09 Å². The van der Waals surface area contributed by atoms with Crippen LogP contribution in [0.4, 0.5) is 10.5 Å². The molecule has 0 radical (unpaired) electrons. The summed E-state index contributed by atoms with van der Waals surface area (Å²) in [5.41, 5.74) is 1.53. The topological polar surface area (TPSA) is 70.1 Å². The molecule has 3 unspecified atom stereocenters. The summed E-state index contributed by atoms with van der Waals surface area (Å²) in [6.07, 6.45) is 0.178. The molecule has 1 aliphatic rings. The lowest BCUT2D eigenvalue weighted by molar-refractivity contribution is 0.0933. The molecule has 0 aliphatic carbocycles. The number of hydrogen-bond donors (Lipinski definition) is 2. The molecule has 4 rings (SSSR count). The number of ether oxygens (including phenoxy) is 1. The Hall–Kier alpha value is -2.55. The van der Waals surface area contributed by atoms with Gasteiger partial charge in [0.05, 0.1) is 18.3 Å². The normalized spacial score (nSPS) is 19.4. The number of nitrogens with zero attached hydrogens (tertiary/aromatic N) is 2. The summed E-state index contributed by atoms with van der Waals surface area (Å²) in [6.45, 7) is 0.824. The van der Waals surface area contributed by atoms with Gasteiger partial charge in [0.1, 0.15) is 6.61 Å². The number of carbonyl (C=O) groups is 1. The first kappa shape index (κ1) is 21.7. The van der Waals surface area contributed by atoms with E-state index in [0.29, 0.717) is 18.7 Å². The molecule has 1 fully saturated rings. The monoisotopic (exact) mass is 456 g/mol. The van der Waals surface area contributed by atoms with Crippen LogP contribution in [0, 0.1) is 0 Å². The molecule has 8 heteroatoms. The van der Waals surface area contributed by atoms with Crippen molar-refractivity contribution in [1.82, 2.24) is 4.90 Å². The van der Waals surface area contributed by atoms with Gasteiger partial charge in [-0.15, -0.1) is 0 Å². The Kier molecular flexibility index (Phi) is 6.80. The average molecular weight is 457 g/mol. The minimum absolute atomic E-state index is 0.0140. The summed E-state index contributed by atoms with van der Waals surface area (Å²) in [7, 11) is 0. The Bertz CT molecular complexity index is 1080. The van der Waals surface area contributed by atoms with Crippen molar-refractivity contribution in [2.24, 2.45) is 0 Å². The van der Waals surface area contributed by atoms with Gasteiger partial charge in [-0.2, -0.15) is 12.6 Å². The molecule has 0 bridgehead atoms. The van der Waals surface area contributed by atoms with Gasteiger partial charge in [-0.25, -0.2) is 9.00 Å². The zero-order valence-corrected chi connectivity index (χ0v) is 18.5. The second-order valence-corrected chi connectivity index (χ2v) is 9.19. The number of fused-ring (bicyclic) bond motifs is 1. The van der Waals surface area contributed by atoms with E-state index in [2.05, 4.69) is 12.6 Å². The highest BCUT2D eigenvalue weighted by Crippen LogP contribution is 2.28. The maximum absolute atomic E-state index is 12.8. The van der Waals surface area contributed by atoms with Crippen molar-refractivity contribution in [2.75, 3.05) is 17.4 Å². The van der Waals surface area contributed by atoms with Gasteiger partial charge < -0.3 is 9.64 Å². The predicted octanol–water partition coefficient (Wildman–Crippen LogP) is 4.49. The van der Waals surface area contributed by atoms with E-state index in [0.717, 1.165) is 16.3 Å². The van der Waals surface area contributed by atoms with E-state index >= 15 is 0 Å². The third kappa shape index (κ3) is 5.20. The molecule has 1 amide bonds. The first-order chi connectivity index (χ1) is 15.0. The van der Waals surface area contributed by atoms with E-state index in [1.165, 1.54) is 4.31 Å². The van der Waals surface area contributed by atoms with Crippen molar-refractivity contribution in [2.45, 2.75) is 24.3 Å². The van der Waals surface area contributed by atoms with Crippen LogP contribution >= 0.6 is 12.6 Å². The molecule has 3 aromatic carbocycles. The Morgan fingerprint density at radius 2 is 1.81 bits per heavy atom. The molecular weight excluding hydrogens is 432 g/mol. The van der Waals surface area contributed by atoms with E-state index < -0.39 is 17.4 Å². The highest BCUT2D eigenvalue weighted by Gasteiger charge is 2.36. The minimum Gasteiger partial charge on any atom is -0.445 e. The quantitative estimate of drug-likeness (QED) is 0.424. The molecule has 162 valence electrons. The van der Waals surface area contributed by atoms with Crippen LogP contribution in [0.2, 0.25) is 0 Å². The second kappa shape index (κ2) is 9.72. The summed E-state index contributed by atoms with van der Waals surface area (Å²) in [5.74, 6) is 0. The number of hydrogen-bond acceptors (Lipinski definition) is 4. The zero-order chi connectivity index (χ0) is 21.8. The van der Waals surface area contributed by atoms with Crippen molar-refractivity contribution in [3.8, 4) is 0 Å². The molecule has 3 atom stereocenters. The molecule has 1 saturated heterocycles. The maximum atomic E-state index is 12.8. The SMILES string of the molecule is O=C(OCc1ccccc1)N1CC(S)CC1CN(c1ccc2ccccc2c1)S(=O)O. The lowest BCUT2D eigenvalue weighted by Gasteiger charge is -2.29. The van der Waals surface area contributed by atoms with E-state index in [1.807, 2.05) is 72.8 Å². The Morgan fingerprint density at radius 3 is 2.55 bits per heavy atom. The molecule has 1 heterocycles. The molecule has 0 aromatic heterocycles. The molecule has 1 aliphatic heterocycles. The molecule has 6 nitrogen and oxygen atoms in total. The van der Waals surface area contributed by atoms with Crippen molar-refractivity contribution in [3.05, 3.63) is 78.4 Å². The fraction of sp³-hybridized carbons (Fsp3) is 0.261. The van der Waals surface area contributed by atoms with Crippen LogP contribution in [-0.2, 0) is 22.6 Å². The second-order valence-electron chi connectivity index (χ2n) is 7.56. The Morgan fingerprint density at radius 1 is 1.10 bits per heavy atom. The third-order valence-corrected chi connectivity index (χ3v) is 6.53. The van der Waals surface area contributed by atoms with E-state index in [1.54, 1.807) is 4.90 Å². The van der Waals surface area contributed by atoms with E-state index in [-0.39, 0.29) is 24.4 Å². The first-order valence-corrected chi connectivity index (χ1v) is 11.6. The van der Waals surface area contributed by atoms with Crippen LogP contribution in [0.15, 0.2) is 72.8 Å². The number of carbonyl (C=O) groups excluding carboxylic acids is 1. The van der Waals surface area contributed by atoms with Crippen LogP contribution in [0.5, 0.6) is 0 Å². The zero-order valence-electron chi connectivity index (χ0n) is 16.8. The standard InChI is InChI=1S/C23H24N2O4S2/c26-23(29-16-17-6-2-1-3-7-17)24-15-22(30)13-21(24)14-25(31(27)28)20-11-10-18-8-4-5-9-19(18)12-20/h1-12,21-22,30H,13-16H2,(H,27,28). The van der Waals surface area contributed by atoms with Gasteiger partial charge in [0.25, 0.3) is 11.3 Å². The first-order valence-electron chi connectivity index (χ1n) is 10.0. The highest BCUT2D eigenvalue weighted by atomic mass is 32.2. The van der Waals surface area contributed by atoms with Gasteiger partial charge in [0, 0.05) is 11.8 Å². The number of amides is 1. The largest absolute Gasteiger partial charge is 0.445 e. The predicted molar refractivity (Wildman–Crippen MR) is 127 cm³/mol. The van der Waals surface area contributed by atoms with Gasteiger partial charge in [-0.1, -0.05) is 60.7 Å². The number of rotatable bonds is 6. The molecule has 1 N–H and O–H groups in total. The Balaban J connectivity index is 1.49. The molecule has 0 spiro atoms. The van der Waals surface area contributed by atoms with Crippen LogP contribution in [0.3, 0.4) is 0 Å². The third-order valence-electron chi connectivity index (χ3n) is 5.42. The lowest BCUT2D eigenvalue weighted by atomic mass is 10.1. The van der Waals surface area contributed by atoms with Crippen molar-refractivity contribution in [1.29, 1.82) is 0 Å². The van der Waals surface area contributed by atoms with Gasteiger partial charge in [0.2, 0.25) is 0 Å². The van der Waals surface area contributed by atoms with Crippen LogP contribution < -0.4 is 4.31 Å². The van der Waals surface area contributed by atoms with Crippen molar-refractivity contribution < 1.29 is 18.3 Å². The Labute approximate surface area is 189 Å². The van der Waals surface area contributed by atoms with Crippen LogP contribution in [-0.4, -0.2) is 44.1 Å². The summed E-state index contributed by atoms with van der Waals surface area (Å²) in [4.78, 5) is 14.4. The van der Waals surface area contributed by atoms with Crippen molar-refractivity contribution >= 4 is 46.4 Å². The number of benzene rings is 3. The molecule has 31 heavy (non-hydrogen) atoms. The maximum Gasteiger partial charge on any atom is 0.410 e. The number of thiol groups is 1. The molecule has 3 aromatic rings. The summed E-state index contributed by atoms with van der Waals surface area (Å²) >= 11 is 2.31. The molecular formula is C23H24N2O4S2. The van der Waals surface area contributed by atoms with E-state index in [9.17, 15) is 13.6 Å². The molecule has 0 saturated carbocycles. The van der Waals surface area contributed by atoms with Crippen LogP contribution in [0.25, 0.3) is 10.8 Å². The minimum atomic E-state index is -2.24. The highest BCUT2D eigenvalue weighted by molar-refractivity contribution is 7.81. The average Bonchev–Trinajstić information content (AvgIpc) is 3.16. The van der Waals surface area contributed by atoms with Crippen molar-refractivity contribution in [3.63, 3.8) is 0 Å². The lowest BCUT2D eigenvalue weighted by Crippen LogP contribution is -2.44. The fourth-order valence-electron chi connectivity index (χ4n) is 3.87. The summed E-state index contributed by atoms with van der Waals surface area (Å²) in [6, 6.07) is 22.7. The number of likely N-dealkylation sites (tertiary alicyclic amines) is 1. The fourth-order valence-corrected chi connectivity index (χ4v) is 4.89.